The summed E-state index contributed by atoms with van der Waals surface area (Å²) in [5.41, 5.74) is 7.73. The second kappa shape index (κ2) is 3.94. The number of benzene rings is 1. The van der Waals surface area contributed by atoms with Crippen LogP contribution in [-0.4, -0.2) is 18.1 Å². The summed E-state index contributed by atoms with van der Waals surface area (Å²) in [5, 5.41) is 4.14. The number of thiazole rings is 1. The van der Waals surface area contributed by atoms with Crippen molar-refractivity contribution in [3.05, 3.63) is 23.8 Å². The van der Waals surface area contributed by atoms with Gasteiger partial charge < -0.3 is 11.1 Å². The van der Waals surface area contributed by atoms with Crippen molar-refractivity contribution in [1.82, 2.24) is 4.98 Å². The molecule has 2 aromatic rings. The summed E-state index contributed by atoms with van der Waals surface area (Å²) in [5.74, 6) is 0. The lowest BCUT2D eigenvalue weighted by atomic mass is 10.2. The molecule has 3 nitrogen and oxygen atoms in total. The van der Waals surface area contributed by atoms with E-state index in [-0.39, 0.29) is 0 Å². The summed E-state index contributed by atoms with van der Waals surface area (Å²) < 4.78 is 1.23. The summed E-state index contributed by atoms with van der Waals surface area (Å²) >= 11 is 1.67. The highest BCUT2D eigenvalue weighted by Crippen LogP contribution is 2.26. The highest BCUT2D eigenvalue weighted by atomic mass is 32.1. The third kappa shape index (κ3) is 1.86. The van der Waals surface area contributed by atoms with Gasteiger partial charge in [0.05, 0.1) is 10.2 Å². The van der Waals surface area contributed by atoms with Gasteiger partial charge in [-0.05, 0) is 24.6 Å². The van der Waals surface area contributed by atoms with E-state index in [1.54, 1.807) is 11.3 Å². The molecule has 0 bridgehead atoms. The molecule has 3 N–H and O–H groups in total. The van der Waals surface area contributed by atoms with E-state index in [2.05, 4.69) is 35.4 Å². The number of aromatic nitrogens is 1. The van der Waals surface area contributed by atoms with Gasteiger partial charge in [-0.1, -0.05) is 17.4 Å². The van der Waals surface area contributed by atoms with E-state index in [4.69, 9.17) is 5.73 Å². The second-order valence-electron chi connectivity index (χ2n) is 3.21. The van der Waals surface area contributed by atoms with E-state index in [1.165, 1.54) is 10.3 Å². The number of nitrogens with two attached hydrogens (primary N) is 1. The molecule has 0 aliphatic rings. The molecule has 4 heteroatoms. The molecule has 0 aliphatic carbocycles. The Kier molecular flexibility index (Phi) is 2.65. The van der Waals surface area contributed by atoms with Crippen LogP contribution in [0.25, 0.3) is 10.2 Å². The van der Waals surface area contributed by atoms with Crippen molar-refractivity contribution >= 4 is 26.7 Å². The monoisotopic (exact) mass is 207 g/mol. The van der Waals surface area contributed by atoms with Crippen LogP contribution in [-0.2, 0) is 0 Å². The number of nitrogens with one attached hydrogen (secondary N) is 1. The Morgan fingerprint density at radius 3 is 3.14 bits per heavy atom. The van der Waals surface area contributed by atoms with Crippen molar-refractivity contribution < 1.29 is 0 Å². The molecule has 0 spiro atoms. The van der Waals surface area contributed by atoms with Crippen molar-refractivity contribution in [3.63, 3.8) is 0 Å². The van der Waals surface area contributed by atoms with Gasteiger partial charge in [-0.2, -0.15) is 0 Å². The Morgan fingerprint density at radius 2 is 2.36 bits per heavy atom. The summed E-state index contributed by atoms with van der Waals surface area (Å²) in [6.45, 7) is 3.50. The van der Waals surface area contributed by atoms with Crippen molar-refractivity contribution in [2.75, 3.05) is 18.4 Å². The zero-order chi connectivity index (χ0) is 9.97. The average molecular weight is 207 g/mol. The van der Waals surface area contributed by atoms with E-state index < -0.39 is 0 Å². The molecule has 0 saturated heterocycles. The minimum atomic E-state index is 0.634. The van der Waals surface area contributed by atoms with Crippen molar-refractivity contribution in [3.8, 4) is 0 Å². The lowest BCUT2D eigenvalue weighted by Crippen LogP contribution is -2.12. The van der Waals surface area contributed by atoms with Crippen LogP contribution in [0.3, 0.4) is 0 Å². The number of hydrogen-bond donors (Lipinski definition) is 2. The predicted octanol–water partition coefficient (Wildman–Crippen LogP) is 1.98. The Labute approximate surface area is 87.0 Å². The van der Waals surface area contributed by atoms with Crippen LogP contribution in [0, 0.1) is 6.92 Å². The molecule has 1 heterocycles. The fourth-order valence-corrected chi connectivity index (χ4v) is 2.28. The zero-order valence-corrected chi connectivity index (χ0v) is 8.90. The first-order valence-corrected chi connectivity index (χ1v) is 5.42. The van der Waals surface area contributed by atoms with Gasteiger partial charge >= 0.3 is 0 Å². The van der Waals surface area contributed by atoms with E-state index in [0.29, 0.717) is 6.54 Å². The van der Waals surface area contributed by atoms with Crippen LogP contribution < -0.4 is 11.1 Å². The largest absolute Gasteiger partial charge is 0.360 e. The maximum Gasteiger partial charge on any atom is 0.183 e. The summed E-state index contributed by atoms with van der Waals surface area (Å²) in [4.78, 5) is 4.44. The lowest BCUT2D eigenvalue weighted by molar-refractivity contribution is 1.02. The van der Waals surface area contributed by atoms with E-state index in [1.807, 2.05) is 0 Å². The molecule has 1 aromatic heterocycles. The van der Waals surface area contributed by atoms with Gasteiger partial charge in [0.2, 0.25) is 0 Å². The van der Waals surface area contributed by atoms with E-state index in [0.717, 1.165) is 17.2 Å². The number of fused-ring (bicyclic) bond motifs is 1. The number of rotatable bonds is 3. The third-order valence-electron chi connectivity index (χ3n) is 1.96. The van der Waals surface area contributed by atoms with Crippen molar-refractivity contribution in [2.24, 2.45) is 5.73 Å². The molecule has 0 radical (unpaired) electrons. The summed E-state index contributed by atoms with van der Waals surface area (Å²) in [6, 6.07) is 6.28. The summed E-state index contributed by atoms with van der Waals surface area (Å²) in [6.07, 6.45) is 0. The molecular weight excluding hydrogens is 194 g/mol. The molecule has 1 aromatic carbocycles. The molecule has 0 saturated carbocycles. The van der Waals surface area contributed by atoms with Crippen LogP contribution in [0.5, 0.6) is 0 Å². The quantitative estimate of drug-likeness (QED) is 0.809. The molecule has 0 unspecified atom stereocenters. The maximum atomic E-state index is 5.41. The molecule has 0 amide bonds. The number of nitrogens with zero attached hydrogens (tertiary/aromatic N) is 1. The SMILES string of the molecule is Cc1ccc2nc(NCCN)sc2c1. The van der Waals surface area contributed by atoms with Gasteiger partial charge in [-0.15, -0.1) is 0 Å². The lowest BCUT2D eigenvalue weighted by Gasteiger charge is -1.95. The first kappa shape index (κ1) is 9.43. The highest BCUT2D eigenvalue weighted by molar-refractivity contribution is 7.22. The Bertz CT molecular complexity index is 436. The Hall–Kier alpha value is -1.13. The molecule has 74 valence electrons. The highest BCUT2D eigenvalue weighted by Gasteiger charge is 2.02. The van der Waals surface area contributed by atoms with Crippen molar-refractivity contribution in [2.45, 2.75) is 6.92 Å². The minimum Gasteiger partial charge on any atom is -0.360 e. The first-order chi connectivity index (χ1) is 6.79. The van der Waals surface area contributed by atoms with Crippen molar-refractivity contribution in [1.29, 1.82) is 0 Å². The summed E-state index contributed by atoms with van der Waals surface area (Å²) in [7, 11) is 0. The van der Waals surface area contributed by atoms with E-state index >= 15 is 0 Å². The Morgan fingerprint density at radius 1 is 1.50 bits per heavy atom. The molecule has 0 aliphatic heterocycles. The van der Waals surface area contributed by atoms with Crippen LogP contribution in [0.2, 0.25) is 0 Å². The van der Waals surface area contributed by atoms with Gasteiger partial charge in [0.25, 0.3) is 0 Å². The van der Waals surface area contributed by atoms with Crippen LogP contribution >= 0.6 is 11.3 Å². The molecule has 0 fully saturated rings. The fourth-order valence-electron chi connectivity index (χ4n) is 1.29. The number of anilines is 1. The average Bonchev–Trinajstić information content (AvgIpc) is 2.56. The second-order valence-corrected chi connectivity index (χ2v) is 4.24. The number of hydrogen-bond acceptors (Lipinski definition) is 4. The van der Waals surface area contributed by atoms with Gasteiger partial charge in [0.1, 0.15) is 0 Å². The van der Waals surface area contributed by atoms with Gasteiger partial charge in [-0.3, -0.25) is 0 Å². The molecule has 0 atom stereocenters. The standard InChI is InChI=1S/C10H13N3S/c1-7-2-3-8-9(6-7)14-10(13-8)12-5-4-11/h2-3,6H,4-5,11H2,1H3,(H,12,13). The van der Waals surface area contributed by atoms with Gasteiger partial charge in [0, 0.05) is 13.1 Å². The van der Waals surface area contributed by atoms with Crippen LogP contribution in [0.1, 0.15) is 5.56 Å². The fraction of sp³-hybridized carbons (Fsp3) is 0.300. The molecule has 2 rings (SSSR count). The third-order valence-corrected chi connectivity index (χ3v) is 2.94. The first-order valence-electron chi connectivity index (χ1n) is 4.61. The van der Waals surface area contributed by atoms with E-state index in [9.17, 15) is 0 Å². The Balaban J connectivity index is 2.32. The molecule has 14 heavy (non-hydrogen) atoms. The normalized spacial score (nSPS) is 10.7. The number of aryl methyl sites for hydroxylation is 1. The van der Waals surface area contributed by atoms with Crippen LogP contribution in [0.15, 0.2) is 18.2 Å². The topological polar surface area (TPSA) is 50.9 Å². The van der Waals surface area contributed by atoms with Gasteiger partial charge in [-0.25, -0.2) is 4.98 Å². The van der Waals surface area contributed by atoms with Gasteiger partial charge in [0.15, 0.2) is 5.13 Å². The maximum absolute atomic E-state index is 5.41. The smallest absolute Gasteiger partial charge is 0.183 e. The van der Waals surface area contributed by atoms with Crippen LogP contribution in [0.4, 0.5) is 5.13 Å². The minimum absolute atomic E-state index is 0.634. The zero-order valence-electron chi connectivity index (χ0n) is 8.08. The molecular formula is C10H13N3S. The predicted molar refractivity (Wildman–Crippen MR) is 61.9 cm³/mol.